The summed E-state index contributed by atoms with van der Waals surface area (Å²) in [5, 5.41) is 6.39. The fourth-order valence-corrected chi connectivity index (χ4v) is 3.76. The van der Waals surface area contributed by atoms with E-state index in [0.29, 0.717) is 15.6 Å². The standard InChI is InChI=1S/C23H30N2O5S/c1-7-30-19(26)13-17(15-9-8-10-16(12-15)29-6)24-21(27)20-14(2)11-18(31-20)25-22(28)23(3,4)5/h8-12,17H,7,13H2,1-6H3,(H,24,27)(H,25,28). The fourth-order valence-electron chi connectivity index (χ4n) is 2.79. The first kappa shape index (κ1) is 24.4. The first-order chi connectivity index (χ1) is 14.5. The Kier molecular flexibility index (Phi) is 8.21. The fraction of sp³-hybridized carbons (Fsp3) is 0.435. The van der Waals surface area contributed by atoms with Crippen LogP contribution in [0, 0.1) is 12.3 Å². The molecular weight excluding hydrogens is 416 g/mol. The maximum absolute atomic E-state index is 13.0. The number of carbonyl (C=O) groups is 3. The molecule has 0 saturated carbocycles. The van der Waals surface area contributed by atoms with Gasteiger partial charge in [0, 0.05) is 5.41 Å². The molecule has 0 aliphatic carbocycles. The van der Waals surface area contributed by atoms with Crippen molar-refractivity contribution in [3.8, 4) is 5.75 Å². The van der Waals surface area contributed by atoms with Gasteiger partial charge in [0.05, 0.1) is 36.1 Å². The molecule has 1 aromatic heterocycles. The summed E-state index contributed by atoms with van der Waals surface area (Å²) in [5.41, 5.74) is 0.931. The van der Waals surface area contributed by atoms with E-state index in [1.807, 2.05) is 33.8 Å². The summed E-state index contributed by atoms with van der Waals surface area (Å²) in [4.78, 5) is 37.9. The van der Waals surface area contributed by atoms with E-state index in [9.17, 15) is 14.4 Å². The summed E-state index contributed by atoms with van der Waals surface area (Å²) in [6.07, 6.45) is -0.00914. The van der Waals surface area contributed by atoms with E-state index in [1.165, 1.54) is 11.3 Å². The van der Waals surface area contributed by atoms with Gasteiger partial charge in [0.25, 0.3) is 5.91 Å². The highest BCUT2D eigenvalue weighted by Gasteiger charge is 2.25. The van der Waals surface area contributed by atoms with Crippen molar-refractivity contribution >= 4 is 34.1 Å². The highest BCUT2D eigenvalue weighted by atomic mass is 32.1. The molecular formula is C23H30N2O5S. The number of thiophene rings is 1. The molecule has 8 heteroatoms. The molecule has 2 rings (SSSR count). The molecule has 0 aliphatic heterocycles. The Labute approximate surface area is 187 Å². The van der Waals surface area contributed by atoms with Gasteiger partial charge in [-0.3, -0.25) is 14.4 Å². The van der Waals surface area contributed by atoms with E-state index in [2.05, 4.69) is 10.6 Å². The number of rotatable bonds is 8. The molecule has 1 atom stereocenters. The van der Waals surface area contributed by atoms with Gasteiger partial charge in [0.1, 0.15) is 5.75 Å². The van der Waals surface area contributed by atoms with Crippen LogP contribution in [0.4, 0.5) is 5.00 Å². The van der Waals surface area contributed by atoms with Crippen molar-refractivity contribution in [3.05, 3.63) is 46.3 Å². The molecule has 1 aromatic carbocycles. The third-order valence-corrected chi connectivity index (χ3v) is 5.67. The van der Waals surface area contributed by atoms with Crippen molar-refractivity contribution in [2.24, 2.45) is 5.41 Å². The zero-order chi connectivity index (χ0) is 23.2. The van der Waals surface area contributed by atoms with E-state index < -0.39 is 17.4 Å². The summed E-state index contributed by atoms with van der Waals surface area (Å²) < 4.78 is 10.3. The first-order valence-electron chi connectivity index (χ1n) is 10.1. The Morgan fingerprint density at radius 3 is 2.48 bits per heavy atom. The predicted octanol–water partition coefficient (Wildman–Crippen LogP) is 4.47. The van der Waals surface area contributed by atoms with Crippen molar-refractivity contribution in [2.75, 3.05) is 19.0 Å². The van der Waals surface area contributed by atoms with Gasteiger partial charge in [-0.1, -0.05) is 32.9 Å². The van der Waals surface area contributed by atoms with Crippen molar-refractivity contribution < 1.29 is 23.9 Å². The second kappa shape index (κ2) is 10.4. The average molecular weight is 447 g/mol. The summed E-state index contributed by atoms with van der Waals surface area (Å²) >= 11 is 1.20. The van der Waals surface area contributed by atoms with Crippen LogP contribution in [0.1, 0.15) is 61.0 Å². The van der Waals surface area contributed by atoms with Crippen LogP contribution in [-0.4, -0.2) is 31.5 Å². The number of ether oxygens (including phenoxy) is 2. The van der Waals surface area contributed by atoms with Crippen LogP contribution in [0.5, 0.6) is 5.75 Å². The van der Waals surface area contributed by atoms with E-state index in [0.717, 1.165) is 11.1 Å². The minimum Gasteiger partial charge on any atom is -0.497 e. The molecule has 168 valence electrons. The number of hydrogen-bond donors (Lipinski definition) is 2. The van der Waals surface area contributed by atoms with E-state index >= 15 is 0 Å². The van der Waals surface area contributed by atoms with E-state index in [4.69, 9.17) is 9.47 Å². The topological polar surface area (TPSA) is 93.7 Å². The number of benzene rings is 1. The van der Waals surface area contributed by atoms with Crippen molar-refractivity contribution in [3.63, 3.8) is 0 Å². The third kappa shape index (κ3) is 6.82. The lowest BCUT2D eigenvalue weighted by atomic mass is 9.96. The minimum absolute atomic E-state index is 0.00914. The monoisotopic (exact) mass is 446 g/mol. The molecule has 0 radical (unpaired) electrons. The summed E-state index contributed by atoms with van der Waals surface area (Å²) in [6.45, 7) is 9.28. The van der Waals surface area contributed by atoms with Crippen molar-refractivity contribution in [1.82, 2.24) is 5.32 Å². The molecule has 2 N–H and O–H groups in total. The van der Waals surface area contributed by atoms with Crippen LogP contribution in [0.25, 0.3) is 0 Å². The molecule has 1 heterocycles. The number of esters is 1. The molecule has 0 aliphatic rings. The summed E-state index contributed by atoms with van der Waals surface area (Å²) in [5.74, 6) is -0.232. The predicted molar refractivity (Wildman–Crippen MR) is 122 cm³/mol. The lowest BCUT2D eigenvalue weighted by molar-refractivity contribution is -0.143. The molecule has 1 unspecified atom stereocenters. The quantitative estimate of drug-likeness (QED) is 0.584. The van der Waals surface area contributed by atoms with Crippen molar-refractivity contribution in [1.29, 1.82) is 0 Å². The second-order valence-corrected chi connectivity index (χ2v) is 9.19. The SMILES string of the molecule is CCOC(=O)CC(NC(=O)c1sc(NC(=O)C(C)(C)C)cc1C)c1cccc(OC)c1. The molecule has 7 nitrogen and oxygen atoms in total. The smallest absolute Gasteiger partial charge is 0.308 e. The zero-order valence-corrected chi connectivity index (χ0v) is 19.6. The number of aryl methyl sites for hydroxylation is 1. The first-order valence-corrected chi connectivity index (χ1v) is 10.9. The number of nitrogens with one attached hydrogen (secondary N) is 2. The average Bonchev–Trinajstić information content (AvgIpc) is 3.07. The van der Waals surface area contributed by atoms with Gasteiger partial charge in [-0.15, -0.1) is 11.3 Å². The Bertz CT molecular complexity index is 946. The zero-order valence-electron chi connectivity index (χ0n) is 18.8. The molecule has 31 heavy (non-hydrogen) atoms. The Hall–Kier alpha value is -2.87. The summed E-state index contributed by atoms with van der Waals surface area (Å²) in [7, 11) is 1.56. The lowest BCUT2D eigenvalue weighted by Crippen LogP contribution is -2.30. The maximum Gasteiger partial charge on any atom is 0.308 e. The van der Waals surface area contributed by atoms with Crippen LogP contribution < -0.4 is 15.4 Å². The number of methoxy groups -OCH3 is 1. The second-order valence-electron chi connectivity index (χ2n) is 8.14. The Balaban J connectivity index is 2.24. The molecule has 2 aromatic rings. The maximum atomic E-state index is 13.0. The Morgan fingerprint density at radius 1 is 1.16 bits per heavy atom. The molecule has 0 spiro atoms. The number of carbonyl (C=O) groups excluding carboxylic acids is 3. The van der Waals surface area contributed by atoms with Gasteiger partial charge in [0.15, 0.2) is 0 Å². The van der Waals surface area contributed by atoms with E-state index in [-0.39, 0.29) is 24.8 Å². The van der Waals surface area contributed by atoms with Gasteiger partial charge in [-0.25, -0.2) is 0 Å². The van der Waals surface area contributed by atoms with Crippen LogP contribution in [0.15, 0.2) is 30.3 Å². The van der Waals surface area contributed by atoms with Crippen LogP contribution in [0.3, 0.4) is 0 Å². The van der Waals surface area contributed by atoms with Crippen molar-refractivity contribution in [2.45, 2.75) is 47.1 Å². The van der Waals surface area contributed by atoms with Gasteiger partial charge in [-0.2, -0.15) is 0 Å². The van der Waals surface area contributed by atoms with Gasteiger partial charge in [0.2, 0.25) is 5.91 Å². The highest BCUT2D eigenvalue weighted by molar-refractivity contribution is 7.18. The van der Waals surface area contributed by atoms with Gasteiger partial charge >= 0.3 is 5.97 Å². The number of hydrogen-bond acceptors (Lipinski definition) is 6. The summed E-state index contributed by atoms with van der Waals surface area (Å²) in [6, 6.07) is 8.38. The highest BCUT2D eigenvalue weighted by Crippen LogP contribution is 2.30. The Morgan fingerprint density at radius 2 is 1.87 bits per heavy atom. The van der Waals surface area contributed by atoms with Gasteiger partial charge < -0.3 is 20.1 Å². The molecule has 0 saturated heterocycles. The van der Waals surface area contributed by atoms with Crippen LogP contribution in [-0.2, 0) is 14.3 Å². The van der Waals surface area contributed by atoms with E-state index in [1.54, 1.807) is 38.3 Å². The molecule has 2 amide bonds. The molecule has 0 bridgehead atoms. The molecule has 0 fully saturated rings. The normalized spacial score (nSPS) is 12.1. The number of anilines is 1. The van der Waals surface area contributed by atoms with Crippen LogP contribution >= 0.6 is 11.3 Å². The number of amides is 2. The largest absolute Gasteiger partial charge is 0.497 e. The van der Waals surface area contributed by atoms with Gasteiger partial charge in [-0.05, 0) is 43.2 Å². The lowest BCUT2D eigenvalue weighted by Gasteiger charge is -2.19. The third-order valence-electron chi connectivity index (χ3n) is 4.52. The van der Waals surface area contributed by atoms with Crippen LogP contribution in [0.2, 0.25) is 0 Å². The minimum atomic E-state index is -0.587.